The van der Waals surface area contributed by atoms with E-state index >= 15 is 0 Å². The van der Waals surface area contributed by atoms with Crippen LogP contribution in [0.3, 0.4) is 0 Å². The first-order chi connectivity index (χ1) is 8.84. The maximum Gasteiger partial charge on any atom is 0.220 e. The molecule has 1 rings (SSSR count). The number of nitrogens with one attached hydrogen (secondary N) is 1. The Morgan fingerprint density at radius 2 is 2.00 bits per heavy atom. The molecular weight excluding hydrogens is 252 g/mol. The quantitative estimate of drug-likeness (QED) is 0.831. The summed E-state index contributed by atoms with van der Waals surface area (Å²) < 4.78 is 25.7. The van der Waals surface area contributed by atoms with Crippen molar-refractivity contribution in [2.45, 2.75) is 26.7 Å². The Balaban J connectivity index is 2.40. The van der Waals surface area contributed by atoms with E-state index in [0.29, 0.717) is 18.5 Å². The second kappa shape index (κ2) is 6.61. The van der Waals surface area contributed by atoms with Gasteiger partial charge in [0.1, 0.15) is 0 Å². The SMILES string of the molecule is CC(C)(CO)CNC(=O)CCc1ccc(F)c(F)c1. The fourth-order valence-corrected chi connectivity index (χ4v) is 1.44. The number of rotatable bonds is 6. The molecule has 0 unspecified atom stereocenters. The van der Waals surface area contributed by atoms with Gasteiger partial charge in [0, 0.05) is 25.0 Å². The number of carbonyl (C=O) groups excluding carboxylic acids is 1. The van der Waals surface area contributed by atoms with Crippen LogP contribution in [0.5, 0.6) is 0 Å². The Labute approximate surface area is 111 Å². The van der Waals surface area contributed by atoms with E-state index in [9.17, 15) is 13.6 Å². The van der Waals surface area contributed by atoms with E-state index in [2.05, 4.69) is 5.32 Å². The van der Waals surface area contributed by atoms with Crippen molar-refractivity contribution in [1.82, 2.24) is 5.32 Å². The number of halogens is 2. The highest BCUT2D eigenvalue weighted by atomic mass is 19.2. The van der Waals surface area contributed by atoms with Crippen LogP contribution < -0.4 is 5.32 Å². The number of aliphatic hydroxyl groups excluding tert-OH is 1. The van der Waals surface area contributed by atoms with E-state index in [0.717, 1.165) is 12.1 Å². The molecular formula is C14H19F2NO2. The van der Waals surface area contributed by atoms with E-state index in [-0.39, 0.29) is 24.3 Å². The van der Waals surface area contributed by atoms with Gasteiger partial charge in [0.25, 0.3) is 0 Å². The van der Waals surface area contributed by atoms with E-state index in [1.165, 1.54) is 6.07 Å². The van der Waals surface area contributed by atoms with E-state index in [1.807, 2.05) is 13.8 Å². The molecule has 0 saturated heterocycles. The fraction of sp³-hybridized carbons (Fsp3) is 0.500. The highest BCUT2D eigenvalue weighted by molar-refractivity contribution is 5.76. The van der Waals surface area contributed by atoms with Crippen molar-refractivity contribution >= 4 is 5.91 Å². The lowest BCUT2D eigenvalue weighted by atomic mass is 9.95. The van der Waals surface area contributed by atoms with Crippen LogP contribution in [0.25, 0.3) is 0 Å². The third-order valence-corrected chi connectivity index (χ3v) is 2.82. The van der Waals surface area contributed by atoms with Crippen LogP contribution in [-0.4, -0.2) is 24.2 Å². The molecule has 2 N–H and O–H groups in total. The molecule has 0 radical (unpaired) electrons. The Morgan fingerprint density at radius 1 is 1.32 bits per heavy atom. The Bertz CT molecular complexity index is 447. The van der Waals surface area contributed by atoms with Crippen LogP contribution in [0.15, 0.2) is 18.2 Å². The van der Waals surface area contributed by atoms with Gasteiger partial charge in [-0.05, 0) is 24.1 Å². The van der Waals surface area contributed by atoms with Crippen LogP contribution in [0, 0.1) is 17.0 Å². The molecule has 0 aliphatic heterocycles. The standard InChI is InChI=1S/C14H19F2NO2/c1-14(2,9-18)8-17-13(19)6-4-10-3-5-11(15)12(16)7-10/h3,5,7,18H,4,6,8-9H2,1-2H3,(H,17,19). The monoisotopic (exact) mass is 271 g/mol. The molecule has 106 valence electrons. The highest BCUT2D eigenvalue weighted by Gasteiger charge is 2.17. The van der Waals surface area contributed by atoms with Crippen molar-refractivity contribution in [3.8, 4) is 0 Å². The number of hydrogen-bond donors (Lipinski definition) is 2. The van der Waals surface area contributed by atoms with Gasteiger partial charge in [0.15, 0.2) is 11.6 Å². The van der Waals surface area contributed by atoms with E-state index < -0.39 is 11.6 Å². The van der Waals surface area contributed by atoms with E-state index in [4.69, 9.17) is 5.11 Å². The summed E-state index contributed by atoms with van der Waals surface area (Å²) in [6.45, 7) is 4.03. The molecule has 0 aliphatic carbocycles. The molecule has 19 heavy (non-hydrogen) atoms. The van der Waals surface area contributed by atoms with Gasteiger partial charge in [-0.1, -0.05) is 19.9 Å². The molecule has 0 spiro atoms. The van der Waals surface area contributed by atoms with Crippen molar-refractivity contribution in [3.05, 3.63) is 35.4 Å². The summed E-state index contributed by atoms with van der Waals surface area (Å²) >= 11 is 0. The summed E-state index contributed by atoms with van der Waals surface area (Å²) in [6.07, 6.45) is 0.551. The van der Waals surface area contributed by atoms with Gasteiger partial charge in [0.2, 0.25) is 5.91 Å². The largest absolute Gasteiger partial charge is 0.396 e. The number of benzene rings is 1. The topological polar surface area (TPSA) is 49.3 Å². The minimum atomic E-state index is -0.903. The lowest BCUT2D eigenvalue weighted by molar-refractivity contribution is -0.121. The summed E-state index contributed by atoms with van der Waals surface area (Å²) in [4.78, 5) is 11.6. The van der Waals surface area contributed by atoms with Crippen LogP contribution >= 0.6 is 0 Å². The maximum atomic E-state index is 13.0. The second-order valence-electron chi connectivity index (χ2n) is 5.35. The van der Waals surface area contributed by atoms with Crippen LogP contribution in [0.1, 0.15) is 25.8 Å². The summed E-state index contributed by atoms with van der Waals surface area (Å²) in [5.41, 5.74) is 0.216. The predicted molar refractivity (Wildman–Crippen MR) is 68.6 cm³/mol. The van der Waals surface area contributed by atoms with Crippen molar-refractivity contribution < 1.29 is 18.7 Å². The molecule has 1 aromatic rings. The average Bonchev–Trinajstić information content (AvgIpc) is 2.38. The van der Waals surface area contributed by atoms with Crippen LogP contribution in [0.4, 0.5) is 8.78 Å². The van der Waals surface area contributed by atoms with Crippen molar-refractivity contribution in [2.24, 2.45) is 5.41 Å². The average molecular weight is 271 g/mol. The van der Waals surface area contributed by atoms with E-state index in [1.54, 1.807) is 0 Å². The molecule has 0 atom stereocenters. The first kappa shape index (κ1) is 15.6. The minimum absolute atomic E-state index is 0.0174. The first-order valence-electron chi connectivity index (χ1n) is 6.15. The van der Waals surface area contributed by atoms with Gasteiger partial charge in [-0.2, -0.15) is 0 Å². The molecule has 1 aromatic carbocycles. The Kier molecular flexibility index (Phi) is 5.42. The zero-order valence-corrected chi connectivity index (χ0v) is 11.2. The number of aryl methyl sites for hydroxylation is 1. The molecule has 1 amide bonds. The van der Waals surface area contributed by atoms with Gasteiger partial charge >= 0.3 is 0 Å². The van der Waals surface area contributed by atoms with Gasteiger partial charge in [-0.3, -0.25) is 4.79 Å². The van der Waals surface area contributed by atoms with Crippen LogP contribution in [0.2, 0.25) is 0 Å². The maximum absolute atomic E-state index is 13.0. The van der Waals surface area contributed by atoms with Gasteiger partial charge in [0.05, 0.1) is 0 Å². The molecule has 0 aromatic heterocycles. The molecule has 0 heterocycles. The minimum Gasteiger partial charge on any atom is -0.396 e. The van der Waals surface area contributed by atoms with Gasteiger partial charge < -0.3 is 10.4 Å². The van der Waals surface area contributed by atoms with Gasteiger partial charge in [-0.15, -0.1) is 0 Å². The molecule has 0 aliphatic rings. The molecule has 5 heteroatoms. The number of aliphatic hydroxyl groups is 1. The molecule has 0 saturated carbocycles. The Morgan fingerprint density at radius 3 is 2.58 bits per heavy atom. The molecule has 3 nitrogen and oxygen atoms in total. The zero-order chi connectivity index (χ0) is 14.5. The third-order valence-electron chi connectivity index (χ3n) is 2.82. The van der Waals surface area contributed by atoms with Crippen LogP contribution in [-0.2, 0) is 11.2 Å². The summed E-state index contributed by atoms with van der Waals surface area (Å²) in [6, 6.07) is 3.61. The third kappa shape index (κ3) is 5.34. The normalized spacial score (nSPS) is 11.4. The number of hydrogen-bond acceptors (Lipinski definition) is 2. The second-order valence-corrected chi connectivity index (χ2v) is 5.35. The molecule has 0 bridgehead atoms. The highest BCUT2D eigenvalue weighted by Crippen LogP contribution is 2.12. The summed E-state index contributed by atoms with van der Waals surface area (Å²) in [7, 11) is 0. The lowest BCUT2D eigenvalue weighted by Crippen LogP contribution is -2.36. The smallest absolute Gasteiger partial charge is 0.220 e. The lowest BCUT2D eigenvalue weighted by Gasteiger charge is -2.21. The zero-order valence-electron chi connectivity index (χ0n) is 11.2. The van der Waals surface area contributed by atoms with Gasteiger partial charge in [-0.25, -0.2) is 8.78 Å². The fourth-order valence-electron chi connectivity index (χ4n) is 1.44. The Hall–Kier alpha value is -1.49. The molecule has 0 fully saturated rings. The predicted octanol–water partition coefficient (Wildman–Crippen LogP) is 2.03. The summed E-state index contributed by atoms with van der Waals surface area (Å²) in [5.74, 6) is -1.97. The van der Waals surface area contributed by atoms with Crippen molar-refractivity contribution in [3.63, 3.8) is 0 Å². The first-order valence-corrected chi connectivity index (χ1v) is 6.15. The van der Waals surface area contributed by atoms with Crippen molar-refractivity contribution in [2.75, 3.05) is 13.2 Å². The number of amides is 1. The number of carbonyl (C=O) groups is 1. The van der Waals surface area contributed by atoms with Crippen molar-refractivity contribution in [1.29, 1.82) is 0 Å². The summed E-state index contributed by atoms with van der Waals surface area (Å²) in [5, 5.41) is 11.7.